The number of hydrogen-bond donors (Lipinski definition) is 1. The van der Waals surface area contributed by atoms with Gasteiger partial charge >= 0.3 is 0 Å². The Hall–Kier alpha value is -2.76. The number of hydrogen-bond acceptors (Lipinski definition) is 4. The van der Waals surface area contributed by atoms with Crippen LogP contribution in [0.1, 0.15) is 6.42 Å². The van der Waals surface area contributed by atoms with Gasteiger partial charge in [-0.3, -0.25) is 4.79 Å². The van der Waals surface area contributed by atoms with Crippen LogP contribution in [0.3, 0.4) is 0 Å². The average Bonchev–Trinajstić information content (AvgIpc) is 2.69. The van der Waals surface area contributed by atoms with Gasteiger partial charge in [-0.15, -0.1) is 0 Å². The van der Waals surface area contributed by atoms with E-state index in [1.807, 2.05) is 29.2 Å². The highest BCUT2D eigenvalue weighted by Gasteiger charge is 2.20. The van der Waals surface area contributed by atoms with Crippen LogP contribution in [0.2, 0.25) is 0 Å². The molecule has 138 valence electrons. The van der Waals surface area contributed by atoms with Gasteiger partial charge in [-0.05, 0) is 48.5 Å². The predicted molar refractivity (Wildman–Crippen MR) is 101 cm³/mol. The Labute approximate surface area is 153 Å². The number of halogens is 1. The van der Waals surface area contributed by atoms with Crippen molar-refractivity contribution in [2.75, 3.05) is 50.1 Å². The monoisotopic (exact) mass is 357 g/mol. The van der Waals surface area contributed by atoms with Crippen LogP contribution in [0.4, 0.5) is 15.8 Å². The van der Waals surface area contributed by atoms with Gasteiger partial charge < -0.3 is 19.9 Å². The van der Waals surface area contributed by atoms with Crippen molar-refractivity contribution in [3.05, 3.63) is 54.3 Å². The Morgan fingerprint density at radius 2 is 1.69 bits per heavy atom. The molecular formula is C20H24FN3O2. The summed E-state index contributed by atoms with van der Waals surface area (Å²) in [5.41, 5.74) is 1.97. The fourth-order valence-corrected chi connectivity index (χ4v) is 3.05. The standard InChI is InChI=1S/C20H24FN3O2/c1-26-19-8-6-18(7-9-19)23-12-14-24(15-13-23)20(25)10-11-22-17-4-2-16(21)3-5-17/h2-9,22H,10-15H2,1H3. The second kappa shape index (κ2) is 8.56. The number of rotatable bonds is 6. The minimum atomic E-state index is -0.263. The fraction of sp³-hybridized carbons (Fsp3) is 0.350. The summed E-state index contributed by atoms with van der Waals surface area (Å²) in [6.45, 7) is 3.64. The van der Waals surface area contributed by atoms with Crippen LogP contribution in [-0.2, 0) is 4.79 Å². The second-order valence-electron chi connectivity index (χ2n) is 6.25. The van der Waals surface area contributed by atoms with Gasteiger partial charge in [0.1, 0.15) is 11.6 Å². The Morgan fingerprint density at radius 3 is 2.31 bits per heavy atom. The van der Waals surface area contributed by atoms with E-state index >= 15 is 0 Å². The molecular weight excluding hydrogens is 333 g/mol. The summed E-state index contributed by atoms with van der Waals surface area (Å²) in [4.78, 5) is 16.5. The van der Waals surface area contributed by atoms with Crippen molar-refractivity contribution in [1.29, 1.82) is 0 Å². The topological polar surface area (TPSA) is 44.8 Å². The summed E-state index contributed by atoms with van der Waals surface area (Å²) in [5, 5.41) is 3.15. The maximum Gasteiger partial charge on any atom is 0.224 e. The zero-order valence-corrected chi connectivity index (χ0v) is 15.0. The molecule has 1 aliphatic rings. The van der Waals surface area contributed by atoms with Crippen LogP contribution in [0, 0.1) is 5.82 Å². The molecule has 26 heavy (non-hydrogen) atoms. The summed E-state index contributed by atoms with van der Waals surface area (Å²) in [6, 6.07) is 14.2. The van der Waals surface area contributed by atoms with Gasteiger partial charge in [0, 0.05) is 50.5 Å². The maximum atomic E-state index is 12.9. The lowest BCUT2D eigenvalue weighted by Crippen LogP contribution is -2.49. The molecule has 2 aromatic carbocycles. The molecule has 3 rings (SSSR count). The largest absolute Gasteiger partial charge is 0.497 e. The van der Waals surface area contributed by atoms with Crippen LogP contribution in [0.15, 0.2) is 48.5 Å². The zero-order valence-electron chi connectivity index (χ0n) is 15.0. The summed E-state index contributed by atoms with van der Waals surface area (Å²) >= 11 is 0. The molecule has 0 unspecified atom stereocenters. The number of amides is 1. The number of anilines is 2. The molecule has 0 aliphatic carbocycles. The van der Waals surface area contributed by atoms with Crippen molar-refractivity contribution < 1.29 is 13.9 Å². The highest BCUT2D eigenvalue weighted by molar-refractivity contribution is 5.77. The molecule has 0 aromatic heterocycles. The third-order valence-electron chi connectivity index (χ3n) is 4.58. The van der Waals surface area contributed by atoms with Crippen LogP contribution < -0.4 is 15.0 Å². The smallest absolute Gasteiger partial charge is 0.224 e. The molecule has 6 heteroatoms. The van der Waals surface area contributed by atoms with E-state index in [1.165, 1.54) is 12.1 Å². The minimum Gasteiger partial charge on any atom is -0.497 e. The van der Waals surface area contributed by atoms with Crippen molar-refractivity contribution in [3.63, 3.8) is 0 Å². The van der Waals surface area contributed by atoms with Crippen molar-refractivity contribution in [1.82, 2.24) is 4.90 Å². The number of methoxy groups -OCH3 is 1. The lowest BCUT2D eigenvalue weighted by molar-refractivity contribution is -0.131. The summed E-state index contributed by atoms with van der Waals surface area (Å²) in [7, 11) is 1.66. The number of ether oxygens (including phenoxy) is 1. The quantitative estimate of drug-likeness (QED) is 0.863. The Morgan fingerprint density at radius 1 is 1.04 bits per heavy atom. The van der Waals surface area contributed by atoms with E-state index in [9.17, 15) is 9.18 Å². The Balaban J connectivity index is 1.42. The molecule has 1 saturated heterocycles. The molecule has 1 heterocycles. The van der Waals surface area contributed by atoms with E-state index in [2.05, 4.69) is 10.2 Å². The molecule has 1 fully saturated rings. The lowest BCUT2D eigenvalue weighted by atomic mass is 10.2. The summed E-state index contributed by atoms with van der Waals surface area (Å²) in [5.74, 6) is 0.728. The first-order valence-corrected chi connectivity index (χ1v) is 8.82. The lowest BCUT2D eigenvalue weighted by Gasteiger charge is -2.36. The number of carbonyl (C=O) groups excluding carboxylic acids is 1. The van der Waals surface area contributed by atoms with Crippen LogP contribution in [0.25, 0.3) is 0 Å². The van der Waals surface area contributed by atoms with Gasteiger partial charge in [0.05, 0.1) is 7.11 Å². The van der Waals surface area contributed by atoms with Crippen molar-refractivity contribution in [2.45, 2.75) is 6.42 Å². The molecule has 0 atom stereocenters. The molecule has 0 saturated carbocycles. The highest BCUT2D eigenvalue weighted by atomic mass is 19.1. The molecule has 5 nitrogen and oxygen atoms in total. The first kappa shape index (κ1) is 18.0. The van der Waals surface area contributed by atoms with Gasteiger partial charge in [0.2, 0.25) is 5.91 Å². The van der Waals surface area contributed by atoms with Crippen LogP contribution in [-0.4, -0.2) is 50.6 Å². The van der Waals surface area contributed by atoms with E-state index in [4.69, 9.17) is 4.74 Å². The molecule has 0 spiro atoms. The zero-order chi connectivity index (χ0) is 18.4. The van der Waals surface area contributed by atoms with E-state index in [0.29, 0.717) is 13.0 Å². The average molecular weight is 357 g/mol. The first-order valence-electron chi connectivity index (χ1n) is 8.82. The fourth-order valence-electron chi connectivity index (χ4n) is 3.05. The first-order chi connectivity index (χ1) is 12.7. The van der Waals surface area contributed by atoms with E-state index in [0.717, 1.165) is 43.3 Å². The highest BCUT2D eigenvalue weighted by Crippen LogP contribution is 2.20. The molecule has 0 bridgehead atoms. The predicted octanol–water partition coefficient (Wildman–Crippen LogP) is 2.99. The van der Waals surface area contributed by atoms with E-state index < -0.39 is 0 Å². The van der Waals surface area contributed by atoms with E-state index in [-0.39, 0.29) is 11.7 Å². The third kappa shape index (κ3) is 4.65. The second-order valence-corrected chi connectivity index (χ2v) is 6.25. The van der Waals surface area contributed by atoms with Crippen molar-refractivity contribution >= 4 is 17.3 Å². The maximum absolute atomic E-state index is 12.9. The van der Waals surface area contributed by atoms with Crippen LogP contribution in [0.5, 0.6) is 5.75 Å². The third-order valence-corrected chi connectivity index (χ3v) is 4.58. The molecule has 1 aliphatic heterocycles. The molecule has 1 N–H and O–H groups in total. The van der Waals surface area contributed by atoms with Gasteiger partial charge in [0.15, 0.2) is 0 Å². The number of piperazine rings is 1. The number of benzene rings is 2. The Kier molecular flexibility index (Phi) is 5.94. The van der Waals surface area contributed by atoms with E-state index in [1.54, 1.807) is 19.2 Å². The van der Waals surface area contributed by atoms with Gasteiger partial charge in [-0.1, -0.05) is 0 Å². The Bertz CT molecular complexity index is 711. The summed E-state index contributed by atoms with van der Waals surface area (Å²) < 4.78 is 18.1. The van der Waals surface area contributed by atoms with Gasteiger partial charge in [0.25, 0.3) is 0 Å². The molecule has 0 radical (unpaired) electrons. The summed E-state index contributed by atoms with van der Waals surface area (Å²) in [6.07, 6.45) is 0.430. The number of nitrogens with zero attached hydrogens (tertiary/aromatic N) is 2. The SMILES string of the molecule is COc1ccc(N2CCN(C(=O)CCNc3ccc(F)cc3)CC2)cc1. The van der Waals surface area contributed by atoms with Gasteiger partial charge in [-0.2, -0.15) is 0 Å². The van der Waals surface area contributed by atoms with Crippen molar-refractivity contribution in [3.8, 4) is 5.75 Å². The van der Waals surface area contributed by atoms with Crippen molar-refractivity contribution in [2.24, 2.45) is 0 Å². The normalized spacial score (nSPS) is 14.2. The number of carbonyl (C=O) groups is 1. The van der Waals surface area contributed by atoms with Gasteiger partial charge in [-0.25, -0.2) is 4.39 Å². The minimum absolute atomic E-state index is 0.147. The van der Waals surface area contributed by atoms with Crippen LogP contribution >= 0.6 is 0 Å². The molecule has 1 amide bonds. The molecule has 2 aromatic rings. The number of nitrogens with one attached hydrogen (secondary N) is 1.